The molecule has 31 heavy (non-hydrogen) atoms. The summed E-state index contributed by atoms with van der Waals surface area (Å²) in [5.74, 6) is 0.578. The van der Waals surface area contributed by atoms with Crippen molar-refractivity contribution in [3.05, 3.63) is 82.4 Å². The van der Waals surface area contributed by atoms with E-state index in [0.717, 1.165) is 0 Å². The van der Waals surface area contributed by atoms with E-state index >= 15 is 0 Å². The first kappa shape index (κ1) is 21.3. The third kappa shape index (κ3) is 5.16. The molecule has 3 aromatic carbocycles. The van der Waals surface area contributed by atoms with Crippen LogP contribution in [0.3, 0.4) is 0 Å². The molecular formula is C23H19N3O5. The van der Waals surface area contributed by atoms with E-state index in [1.807, 2.05) is 6.07 Å². The lowest BCUT2D eigenvalue weighted by Gasteiger charge is -2.17. The fourth-order valence-electron chi connectivity index (χ4n) is 2.85. The molecule has 0 radical (unpaired) electrons. The van der Waals surface area contributed by atoms with Crippen LogP contribution in [0.5, 0.6) is 11.5 Å². The molecule has 1 atom stereocenters. The van der Waals surface area contributed by atoms with Crippen LogP contribution in [0, 0.1) is 21.4 Å². The molecule has 0 saturated carbocycles. The molecular weight excluding hydrogens is 398 g/mol. The largest absolute Gasteiger partial charge is 0.497 e. The molecule has 156 valence electrons. The Kier molecular flexibility index (Phi) is 6.48. The Balaban J connectivity index is 1.84. The molecule has 0 bridgehead atoms. The van der Waals surface area contributed by atoms with Crippen molar-refractivity contribution in [3.8, 4) is 28.7 Å². The van der Waals surface area contributed by atoms with Gasteiger partial charge in [0, 0.05) is 23.4 Å². The van der Waals surface area contributed by atoms with Crippen LogP contribution in [0.1, 0.15) is 12.5 Å². The van der Waals surface area contributed by atoms with Crippen molar-refractivity contribution in [3.63, 3.8) is 0 Å². The van der Waals surface area contributed by atoms with Crippen molar-refractivity contribution in [1.82, 2.24) is 0 Å². The number of nitro groups is 1. The summed E-state index contributed by atoms with van der Waals surface area (Å²) in [6.07, 6.45) is -0.880. The zero-order chi connectivity index (χ0) is 22.4. The van der Waals surface area contributed by atoms with Crippen molar-refractivity contribution < 1.29 is 19.2 Å². The Morgan fingerprint density at radius 3 is 2.35 bits per heavy atom. The summed E-state index contributed by atoms with van der Waals surface area (Å²) in [5, 5.41) is 22.8. The van der Waals surface area contributed by atoms with Gasteiger partial charge in [0.05, 0.1) is 23.7 Å². The Bertz CT molecular complexity index is 1140. The van der Waals surface area contributed by atoms with E-state index < -0.39 is 16.9 Å². The molecule has 1 amide bonds. The highest BCUT2D eigenvalue weighted by atomic mass is 16.6. The Hall–Kier alpha value is -4.38. The highest BCUT2D eigenvalue weighted by Crippen LogP contribution is 2.35. The van der Waals surface area contributed by atoms with E-state index in [2.05, 4.69) is 5.32 Å². The summed E-state index contributed by atoms with van der Waals surface area (Å²) in [4.78, 5) is 23.3. The van der Waals surface area contributed by atoms with Gasteiger partial charge in [0.1, 0.15) is 11.5 Å². The van der Waals surface area contributed by atoms with E-state index in [9.17, 15) is 14.9 Å². The summed E-state index contributed by atoms with van der Waals surface area (Å²) in [7, 11) is 1.55. The van der Waals surface area contributed by atoms with Gasteiger partial charge in [-0.2, -0.15) is 5.26 Å². The minimum Gasteiger partial charge on any atom is -0.497 e. The molecule has 0 aliphatic carbocycles. The van der Waals surface area contributed by atoms with Gasteiger partial charge in [0.15, 0.2) is 6.10 Å². The van der Waals surface area contributed by atoms with Crippen LogP contribution in [0.25, 0.3) is 11.1 Å². The smallest absolute Gasteiger partial charge is 0.270 e. The fourth-order valence-corrected chi connectivity index (χ4v) is 2.85. The van der Waals surface area contributed by atoms with Gasteiger partial charge in [-0.25, -0.2) is 0 Å². The number of benzene rings is 3. The zero-order valence-electron chi connectivity index (χ0n) is 16.9. The molecule has 0 aliphatic heterocycles. The first-order valence-corrected chi connectivity index (χ1v) is 9.32. The van der Waals surface area contributed by atoms with Gasteiger partial charge >= 0.3 is 0 Å². The number of nitriles is 1. The Morgan fingerprint density at radius 1 is 1.10 bits per heavy atom. The first-order chi connectivity index (χ1) is 14.9. The van der Waals surface area contributed by atoms with Crippen molar-refractivity contribution in [2.75, 3.05) is 12.4 Å². The van der Waals surface area contributed by atoms with Crippen LogP contribution >= 0.6 is 0 Å². The predicted molar refractivity (Wildman–Crippen MR) is 115 cm³/mol. The normalized spacial score (nSPS) is 11.1. The molecule has 3 rings (SSSR count). The van der Waals surface area contributed by atoms with Gasteiger partial charge in [-0.1, -0.05) is 12.1 Å². The maximum Gasteiger partial charge on any atom is 0.270 e. The van der Waals surface area contributed by atoms with Crippen LogP contribution in [-0.4, -0.2) is 24.0 Å². The standard InChI is InChI=1S/C23H19N3O5/c1-15(23(27)25-18-7-3-16(14-24)4-8-18)31-22-12-9-19(26(28)29)13-21(22)17-5-10-20(30-2)11-6-17/h3-13,15H,1-2H3,(H,25,27)/t15-/m1/s1. The lowest BCUT2D eigenvalue weighted by atomic mass is 10.0. The lowest BCUT2D eigenvalue weighted by molar-refractivity contribution is -0.384. The van der Waals surface area contributed by atoms with Crippen LogP contribution in [0.15, 0.2) is 66.7 Å². The number of hydrogen-bond acceptors (Lipinski definition) is 6. The molecule has 0 fully saturated rings. The van der Waals surface area contributed by atoms with Gasteiger partial charge < -0.3 is 14.8 Å². The van der Waals surface area contributed by atoms with Crippen molar-refractivity contribution in [1.29, 1.82) is 5.26 Å². The number of nitrogens with one attached hydrogen (secondary N) is 1. The molecule has 0 aromatic heterocycles. The fraction of sp³-hybridized carbons (Fsp3) is 0.130. The highest BCUT2D eigenvalue weighted by molar-refractivity contribution is 5.94. The maximum absolute atomic E-state index is 12.6. The van der Waals surface area contributed by atoms with Gasteiger partial charge in [0.2, 0.25) is 0 Å². The molecule has 8 heteroatoms. The summed E-state index contributed by atoms with van der Waals surface area (Å²) in [5.41, 5.74) is 2.08. The predicted octanol–water partition coefficient (Wildman–Crippen LogP) is 4.55. The third-order valence-electron chi connectivity index (χ3n) is 4.53. The quantitative estimate of drug-likeness (QED) is 0.446. The number of ether oxygens (including phenoxy) is 2. The Morgan fingerprint density at radius 2 is 1.77 bits per heavy atom. The number of anilines is 1. The lowest BCUT2D eigenvalue weighted by Crippen LogP contribution is -2.30. The van der Waals surface area contributed by atoms with E-state index in [1.165, 1.54) is 18.2 Å². The first-order valence-electron chi connectivity index (χ1n) is 9.32. The molecule has 0 unspecified atom stereocenters. The summed E-state index contributed by atoms with van der Waals surface area (Å²) >= 11 is 0. The van der Waals surface area contributed by atoms with Crippen LogP contribution in [0.4, 0.5) is 11.4 Å². The topological polar surface area (TPSA) is 114 Å². The van der Waals surface area contributed by atoms with E-state index in [-0.39, 0.29) is 5.69 Å². The molecule has 0 spiro atoms. The second kappa shape index (κ2) is 9.41. The van der Waals surface area contributed by atoms with Crippen LogP contribution in [-0.2, 0) is 4.79 Å². The summed E-state index contributed by atoms with van der Waals surface area (Å²) < 4.78 is 11.0. The number of rotatable bonds is 7. The number of methoxy groups -OCH3 is 1. The highest BCUT2D eigenvalue weighted by Gasteiger charge is 2.19. The summed E-state index contributed by atoms with van der Waals surface area (Å²) in [6.45, 7) is 1.58. The third-order valence-corrected chi connectivity index (χ3v) is 4.53. The van der Waals surface area contributed by atoms with Gasteiger partial charge in [0.25, 0.3) is 11.6 Å². The van der Waals surface area contributed by atoms with E-state index in [1.54, 1.807) is 62.6 Å². The monoisotopic (exact) mass is 417 g/mol. The number of nitrogens with zero attached hydrogens (tertiary/aromatic N) is 2. The van der Waals surface area contributed by atoms with Crippen molar-refractivity contribution in [2.45, 2.75) is 13.0 Å². The summed E-state index contributed by atoms with van der Waals surface area (Å²) in [6, 6.07) is 19.6. The number of hydrogen-bond donors (Lipinski definition) is 1. The van der Waals surface area contributed by atoms with Gasteiger partial charge in [-0.3, -0.25) is 14.9 Å². The Labute approximate surface area is 178 Å². The van der Waals surface area contributed by atoms with Gasteiger partial charge in [-0.15, -0.1) is 0 Å². The second-order valence-corrected chi connectivity index (χ2v) is 6.60. The van der Waals surface area contributed by atoms with Gasteiger partial charge in [-0.05, 0) is 55.0 Å². The number of carbonyl (C=O) groups is 1. The number of carbonyl (C=O) groups excluding carboxylic acids is 1. The van der Waals surface area contributed by atoms with E-state index in [4.69, 9.17) is 14.7 Å². The molecule has 3 aromatic rings. The molecule has 0 saturated heterocycles. The molecule has 0 aliphatic rings. The maximum atomic E-state index is 12.6. The second-order valence-electron chi connectivity index (χ2n) is 6.60. The zero-order valence-corrected chi connectivity index (χ0v) is 16.9. The molecule has 8 nitrogen and oxygen atoms in total. The SMILES string of the molecule is COc1ccc(-c2cc([N+](=O)[O-])ccc2O[C@H](C)C(=O)Nc2ccc(C#N)cc2)cc1. The average Bonchev–Trinajstić information content (AvgIpc) is 2.79. The van der Waals surface area contributed by atoms with Crippen LogP contribution < -0.4 is 14.8 Å². The molecule has 0 heterocycles. The van der Waals surface area contributed by atoms with Crippen LogP contribution in [0.2, 0.25) is 0 Å². The van der Waals surface area contributed by atoms with Crippen molar-refractivity contribution >= 4 is 17.3 Å². The number of nitro benzene ring substituents is 1. The number of non-ortho nitro benzene ring substituents is 1. The average molecular weight is 417 g/mol. The van der Waals surface area contributed by atoms with Crippen molar-refractivity contribution in [2.24, 2.45) is 0 Å². The minimum atomic E-state index is -0.880. The molecule has 1 N–H and O–H groups in total. The minimum absolute atomic E-state index is 0.0899. The number of amides is 1. The van der Waals surface area contributed by atoms with E-state index in [0.29, 0.717) is 33.9 Å².